The molecule has 0 aliphatic carbocycles. The minimum atomic E-state index is -0.486. The molecule has 21 heavy (non-hydrogen) atoms. The Bertz CT molecular complexity index is 842. The summed E-state index contributed by atoms with van der Waals surface area (Å²) in [6, 6.07) is 5.55. The lowest BCUT2D eigenvalue weighted by Crippen LogP contribution is -1.94. The summed E-state index contributed by atoms with van der Waals surface area (Å²) in [6.07, 6.45) is 3.77. The topological polar surface area (TPSA) is 46.4 Å². The minimum Gasteiger partial charge on any atom is -0.312 e. The Hall–Kier alpha value is -2.76. The summed E-state index contributed by atoms with van der Waals surface area (Å²) in [5, 5.41) is 2.44. The van der Waals surface area contributed by atoms with Crippen molar-refractivity contribution in [1.29, 1.82) is 0 Å². The molecule has 0 radical (unpaired) electrons. The number of amides is 1. The second kappa shape index (κ2) is 4.97. The normalized spacial score (nSPS) is 10.8. The van der Waals surface area contributed by atoms with Crippen LogP contribution in [-0.4, -0.2) is 15.8 Å². The highest BCUT2D eigenvalue weighted by Gasteiger charge is 2.13. The number of nitrogens with zero attached hydrogens (tertiary/aromatic N) is 2. The first kappa shape index (κ1) is 13.2. The lowest BCUT2D eigenvalue weighted by Gasteiger charge is -2.09. The van der Waals surface area contributed by atoms with Gasteiger partial charge >= 0.3 is 0 Å². The number of aromatic nitrogens is 2. The maximum atomic E-state index is 14.0. The van der Waals surface area contributed by atoms with Gasteiger partial charge in [0.1, 0.15) is 17.3 Å². The molecule has 3 rings (SSSR count). The van der Waals surface area contributed by atoms with Gasteiger partial charge in [0.15, 0.2) is 5.82 Å². The van der Waals surface area contributed by atoms with Crippen LogP contribution in [0.25, 0.3) is 16.8 Å². The van der Waals surface area contributed by atoms with E-state index in [-0.39, 0.29) is 11.1 Å². The Morgan fingerprint density at radius 3 is 2.67 bits per heavy atom. The number of benzene rings is 1. The molecular formula is C15H11F2N3O. The van der Waals surface area contributed by atoms with E-state index in [1.165, 1.54) is 6.92 Å². The molecule has 3 aromatic rings. The fourth-order valence-corrected chi connectivity index (χ4v) is 2.28. The van der Waals surface area contributed by atoms with Crippen molar-refractivity contribution in [1.82, 2.24) is 9.38 Å². The number of halogens is 2. The van der Waals surface area contributed by atoms with E-state index >= 15 is 0 Å². The molecular weight excluding hydrogens is 276 g/mol. The number of fused-ring (bicyclic) bond motifs is 1. The maximum absolute atomic E-state index is 14.0. The third-order valence-corrected chi connectivity index (χ3v) is 3.29. The van der Waals surface area contributed by atoms with E-state index in [0.717, 1.165) is 12.1 Å². The van der Waals surface area contributed by atoms with Crippen LogP contribution < -0.4 is 5.32 Å². The fraction of sp³-hybridized carbons (Fsp3) is 0.0667. The molecule has 0 atom stereocenters. The van der Waals surface area contributed by atoms with Crippen molar-refractivity contribution in [3.63, 3.8) is 0 Å². The molecule has 0 aliphatic rings. The van der Waals surface area contributed by atoms with Gasteiger partial charge in [-0.05, 0) is 36.8 Å². The lowest BCUT2D eigenvalue weighted by atomic mass is 10.0. The standard InChI is InChI=1S/C15H11F2N3O/c1-9-11(16)3-4-12(17)15(9)10-2-5-14-19-13(18-8-21)7-20(14)6-10/h2-8H,1H3,(H,18,21). The Kier molecular flexibility index (Phi) is 3.13. The molecule has 0 saturated carbocycles. The molecule has 0 unspecified atom stereocenters. The largest absolute Gasteiger partial charge is 0.312 e. The molecule has 0 saturated heterocycles. The molecule has 2 heterocycles. The van der Waals surface area contributed by atoms with E-state index in [1.54, 1.807) is 28.9 Å². The maximum Gasteiger partial charge on any atom is 0.212 e. The summed E-state index contributed by atoms with van der Waals surface area (Å²) in [5.74, 6) is -0.557. The molecule has 1 N–H and O–H groups in total. The molecule has 0 fully saturated rings. The van der Waals surface area contributed by atoms with E-state index in [9.17, 15) is 13.6 Å². The highest BCUT2D eigenvalue weighted by atomic mass is 19.1. The Morgan fingerprint density at radius 2 is 1.90 bits per heavy atom. The van der Waals surface area contributed by atoms with Crippen LogP contribution in [0.2, 0.25) is 0 Å². The second-order valence-corrected chi connectivity index (χ2v) is 4.60. The summed E-state index contributed by atoms with van der Waals surface area (Å²) >= 11 is 0. The number of imidazole rings is 1. The zero-order valence-electron chi connectivity index (χ0n) is 11.1. The predicted molar refractivity (Wildman–Crippen MR) is 75.0 cm³/mol. The number of carbonyl (C=O) groups excluding carboxylic acids is 1. The van der Waals surface area contributed by atoms with Crippen molar-refractivity contribution in [2.24, 2.45) is 0 Å². The SMILES string of the molecule is Cc1c(F)ccc(F)c1-c1ccc2nc(NC=O)cn2c1. The molecule has 106 valence electrons. The summed E-state index contributed by atoms with van der Waals surface area (Å²) in [4.78, 5) is 14.6. The molecule has 2 aromatic heterocycles. The van der Waals surface area contributed by atoms with Gasteiger partial charge in [-0.2, -0.15) is 0 Å². The predicted octanol–water partition coefficient (Wildman–Crippen LogP) is 3.16. The van der Waals surface area contributed by atoms with E-state index < -0.39 is 11.6 Å². The Morgan fingerprint density at radius 1 is 1.14 bits per heavy atom. The molecule has 0 spiro atoms. The van der Waals surface area contributed by atoms with Gasteiger partial charge in [-0.1, -0.05) is 0 Å². The average Bonchev–Trinajstić information content (AvgIpc) is 2.85. The molecule has 6 heteroatoms. The molecule has 1 aromatic carbocycles. The highest BCUT2D eigenvalue weighted by Crippen LogP contribution is 2.28. The number of pyridine rings is 1. The monoisotopic (exact) mass is 287 g/mol. The van der Waals surface area contributed by atoms with Gasteiger partial charge in [0.2, 0.25) is 6.41 Å². The number of anilines is 1. The first-order chi connectivity index (χ1) is 10.1. The van der Waals surface area contributed by atoms with Crippen molar-refractivity contribution >= 4 is 17.9 Å². The molecule has 0 bridgehead atoms. The van der Waals surface area contributed by atoms with E-state index in [4.69, 9.17) is 0 Å². The number of hydrogen-bond donors (Lipinski definition) is 1. The Labute approximate surface area is 119 Å². The smallest absolute Gasteiger partial charge is 0.212 e. The van der Waals surface area contributed by atoms with Crippen molar-refractivity contribution in [3.8, 4) is 11.1 Å². The first-order valence-electron chi connectivity index (χ1n) is 6.24. The van der Waals surface area contributed by atoms with Crippen molar-refractivity contribution in [3.05, 3.63) is 53.9 Å². The van der Waals surface area contributed by atoms with Crippen molar-refractivity contribution < 1.29 is 13.6 Å². The van der Waals surface area contributed by atoms with Crippen LogP contribution in [0.4, 0.5) is 14.6 Å². The fourth-order valence-electron chi connectivity index (χ4n) is 2.28. The van der Waals surface area contributed by atoms with Crippen LogP contribution in [0, 0.1) is 18.6 Å². The third kappa shape index (κ3) is 2.24. The van der Waals surface area contributed by atoms with Gasteiger partial charge in [-0.15, -0.1) is 0 Å². The molecule has 4 nitrogen and oxygen atoms in total. The van der Waals surface area contributed by atoms with E-state index in [0.29, 0.717) is 23.4 Å². The summed E-state index contributed by atoms with van der Waals surface area (Å²) in [6.45, 7) is 1.53. The number of rotatable bonds is 3. The third-order valence-electron chi connectivity index (χ3n) is 3.29. The van der Waals surface area contributed by atoms with Gasteiger partial charge in [-0.3, -0.25) is 4.79 Å². The number of hydrogen-bond acceptors (Lipinski definition) is 2. The van der Waals surface area contributed by atoms with Crippen LogP contribution in [0.15, 0.2) is 36.7 Å². The van der Waals surface area contributed by atoms with Crippen LogP contribution in [-0.2, 0) is 4.79 Å². The van der Waals surface area contributed by atoms with Crippen molar-refractivity contribution in [2.45, 2.75) is 6.92 Å². The molecule has 1 amide bonds. The van der Waals surface area contributed by atoms with Crippen LogP contribution in [0.5, 0.6) is 0 Å². The van der Waals surface area contributed by atoms with Crippen molar-refractivity contribution in [2.75, 3.05) is 5.32 Å². The van der Waals surface area contributed by atoms with Gasteiger partial charge in [0, 0.05) is 17.3 Å². The quantitative estimate of drug-likeness (QED) is 0.752. The zero-order chi connectivity index (χ0) is 15.0. The number of nitrogens with one attached hydrogen (secondary N) is 1. The number of carbonyl (C=O) groups is 1. The zero-order valence-corrected chi connectivity index (χ0v) is 11.1. The Balaban J connectivity index is 2.17. The summed E-state index contributed by atoms with van der Waals surface area (Å²) < 4.78 is 29.3. The lowest BCUT2D eigenvalue weighted by molar-refractivity contribution is -0.105. The summed E-state index contributed by atoms with van der Waals surface area (Å²) in [5.41, 5.74) is 1.60. The summed E-state index contributed by atoms with van der Waals surface area (Å²) in [7, 11) is 0. The van der Waals surface area contributed by atoms with Crippen LogP contribution in [0.1, 0.15) is 5.56 Å². The minimum absolute atomic E-state index is 0.218. The first-order valence-corrected chi connectivity index (χ1v) is 6.24. The van der Waals surface area contributed by atoms with E-state index in [1.807, 2.05) is 0 Å². The average molecular weight is 287 g/mol. The highest BCUT2D eigenvalue weighted by molar-refractivity contribution is 5.72. The van der Waals surface area contributed by atoms with Gasteiger partial charge in [0.05, 0.1) is 6.20 Å². The molecule has 0 aliphatic heterocycles. The van der Waals surface area contributed by atoms with E-state index in [2.05, 4.69) is 10.3 Å². The van der Waals surface area contributed by atoms with Gasteiger partial charge < -0.3 is 9.72 Å². The second-order valence-electron chi connectivity index (χ2n) is 4.60. The van der Waals surface area contributed by atoms with Crippen LogP contribution in [0.3, 0.4) is 0 Å². The van der Waals surface area contributed by atoms with Crippen LogP contribution >= 0.6 is 0 Å². The van der Waals surface area contributed by atoms with Gasteiger partial charge in [0.25, 0.3) is 0 Å². The van der Waals surface area contributed by atoms with Gasteiger partial charge in [-0.25, -0.2) is 13.8 Å².